The van der Waals surface area contributed by atoms with Crippen molar-refractivity contribution in [2.75, 3.05) is 0 Å². The first-order chi connectivity index (χ1) is 9.92. The van der Waals surface area contributed by atoms with Crippen LogP contribution < -0.4 is 0 Å². The number of carboxylic acids is 2. The van der Waals surface area contributed by atoms with Gasteiger partial charge in [-0.3, -0.25) is 9.59 Å². The zero-order valence-electron chi connectivity index (χ0n) is 10.7. The molecule has 6 heteroatoms. The molecular weight excluding hydrogens is 276 g/mol. The number of rotatable bonds is 4. The van der Waals surface area contributed by atoms with Gasteiger partial charge in [-0.2, -0.15) is 0 Å². The lowest BCUT2D eigenvalue weighted by molar-refractivity contribution is -0.155. The fraction of sp³-hybridized carbons (Fsp3) is 0.0667. The van der Waals surface area contributed by atoms with Gasteiger partial charge in [0.05, 0.1) is 0 Å². The van der Waals surface area contributed by atoms with Crippen LogP contribution in [0.4, 0.5) is 0 Å². The maximum absolute atomic E-state index is 11.8. The van der Waals surface area contributed by atoms with Crippen molar-refractivity contribution in [1.29, 1.82) is 0 Å². The molecule has 0 saturated carbocycles. The highest BCUT2D eigenvalue weighted by molar-refractivity contribution is 6.09. The van der Waals surface area contributed by atoms with Crippen LogP contribution >= 0.6 is 0 Å². The van der Waals surface area contributed by atoms with E-state index in [9.17, 15) is 30.0 Å². The van der Waals surface area contributed by atoms with E-state index in [2.05, 4.69) is 0 Å². The predicted molar refractivity (Wildman–Crippen MR) is 72.3 cm³/mol. The minimum absolute atomic E-state index is 0.0362. The summed E-state index contributed by atoms with van der Waals surface area (Å²) in [6, 6.07) is 10.8. The smallest absolute Gasteiger partial charge is 0.330 e. The van der Waals surface area contributed by atoms with E-state index in [1.165, 1.54) is 30.3 Å². The van der Waals surface area contributed by atoms with E-state index in [0.717, 1.165) is 12.1 Å². The summed E-state index contributed by atoms with van der Waals surface area (Å²) in [7, 11) is 0. The third-order valence-corrected chi connectivity index (χ3v) is 3.27. The molecule has 0 aliphatic heterocycles. The number of aliphatic carboxylic acids is 2. The molecule has 0 fully saturated rings. The second kappa shape index (κ2) is 5.16. The van der Waals surface area contributed by atoms with Crippen LogP contribution in [0.5, 0.6) is 11.5 Å². The van der Waals surface area contributed by atoms with Crippen molar-refractivity contribution < 1.29 is 30.0 Å². The molecule has 0 bridgehead atoms. The maximum Gasteiger partial charge on any atom is 0.330 e. The lowest BCUT2D eigenvalue weighted by Crippen LogP contribution is -2.44. The number of hydrogen-bond donors (Lipinski definition) is 4. The summed E-state index contributed by atoms with van der Waals surface area (Å²) in [6.07, 6.45) is 0. The molecule has 2 rings (SSSR count). The largest absolute Gasteiger partial charge is 0.504 e. The van der Waals surface area contributed by atoms with Gasteiger partial charge in [0.2, 0.25) is 5.41 Å². The first-order valence-corrected chi connectivity index (χ1v) is 5.96. The lowest BCUT2D eigenvalue weighted by Gasteiger charge is -2.26. The first-order valence-electron chi connectivity index (χ1n) is 5.96. The molecule has 108 valence electrons. The van der Waals surface area contributed by atoms with E-state index in [0.29, 0.717) is 0 Å². The summed E-state index contributed by atoms with van der Waals surface area (Å²) in [5.41, 5.74) is -2.95. The van der Waals surface area contributed by atoms with Gasteiger partial charge < -0.3 is 20.4 Å². The topological polar surface area (TPSA) is 115 Å². The van der Waals surface area contributed by atoms with Crippen LogP contribution in [0, 0.1) is 0 Å². The van der Waals surface area contributed by atoms with Crippen LogP contribution in [0.3, 0.4) is 0 Å². The van der Waals surface area contributed by atoms with Crippen LogP contribution in [0.15, 0.2) is 48.5 Å². The molecule has 21 heavy (non-hydrogen) atoms. The van der Waals surface area contributed by atoms with Gasteiger partial charge in [0, 0.05) is 5.56 Å². The molecule has 2 aromatic rings. The van der Waals surface area contributed by atoms with Crippen LogP contribution in [0.25, 0.3) is 0 Å². The molecular formula is C15H12O6. The molecule has 0 unspecified atom stereocenters. The van der Waals surface area contributed by atoms with Gasteiger partial charge in [0.1, 0.15) is 0 Å². The zero-order chi connectivity index (χ0) is 15.6. The summed E-state index contributed by atoms with van der Waals surface area (Å²) < 4.78 is 0. The number of para-hydroxylation sites is 1. The van der Waals surface area contributed by atoms with Crippen LogP contribution in [-0.4, -0.2) is 32.4 Å². The van der Waals surface area contributed by atoms with Crippen LogP contribution in [-0.2, 0) is 15.0 Å². The Morgan fingerprint density at radius 3 is 1.90 bits per heavy atom. The van der Waals surface area contributed by atoms with Gasteiger partial charge in [-0.15, -0.1) is 0 Å². The Morgan fingerprint density at radius 1 is 0.810 bits per heavy atom. The van der Waals surface area contributed by atoms with Crippen molar-refractivity contribution in [3.63, 3.8) is 0 Å². The van der Waals surface area contributed by atoms with Crippen LogP contribution in [0.1, 0.15) is 11.1 Å². The van der Waals surface area contributed by atoms with E-state index in [-0.39, 0.29) is 5.56 Å². The van der Waals surface area contributed by atoms with Crippen molar-refractivity contribution in [3.8, 4) is 11.5 Å². The average molecular weight is 288 g/mol. The number of phenols is 2. The monoisotopic (exact) mass is 288 g/mol. The second-order valence-electron chi connectivity index (χ2n) is 4.40. The van der Waals surface area contributed by atoms with E-state index < -0.39 is 34.4 Å². The lowest BCUT2D eigenvalue weighted by atomic mass is 9.74. The second-order valence-corrected chi connectivity index (χ2v) is 4.40. The molecule has 0 aromatic heterocycles. The number of hydrogen-bond acceptors (Lipinski definition) is 4. The molecule has 0 amide bonds. The number of benzene rings is 2. The summed E-state index contributed by atoms with van der Waals surface area (Å²) in [4.78, 5) is 23.5. The normalized spacial score (nSPS) is 11.0. The highest BCUT2D eigenvalue weighted by Crippen LogP contribution is 2.41. The van der Waals surface area contributed by atoms with Gasteiger partial charge in [0.25, 0.3) is 0 Å². The third-order valence-electron chi connectivity index (χ3n) is 3.27. The highest BCUT2D eigenvalue weighted by Gasteiger charge is 2.52. The third kappa shape index (κ3) is 2.06. The van der Waals surface area contributed by atoms with Gasteiger partial charge in [-0.05, 0) is 11.6 Å². The van der Waals surface area contributed by atoms with E-state index in [1.807, 2.05) is 0 Å². The molecule has 0 radical (unpaired) electrons. The van der Waals surface area contributed by atoms with Crippen molar-refractivity contribution in [3.05, 3.63) is 59.7 Å². The minimum atomic E-state index is -2.51. The zero-order valence-corrected chi connectivity index (χ0v) is 10.7. The Bertz CT molecular complexity index is 679. The molecule has 6 nitrogen and oxygen atoms in total. The Kier molecular flexibility index (Phi) is 3.54. The predicted octanol–water partition coefficient (Wildman–Crippen LogP) is 1.55. The molecule has 0 saturated heterocycles. The average Bonchev–Trinajstić information content (AvgIpc) is 2.44. The highest BCUT2D eigenvalue weighted by atomic mass is 16.4. The van der Waals surface area contributed by atoms with E-state index >= 15 is 0 Å². The summed E-state index contributed by atoms with van der Waals surface area (Å²) >= 11 is 0. The summed E-state index contributed by atoms with van der Waals surface area (Å²) in [6.45, 7) is 0. The first kappa shape index (κ1) is 14.4. The SMILES string of the molecule is O=C(O)C(C(=O)O)(c1ccccc1)c1cccc(O)c1O. The van der Waals surface area contributed by atoms with E-state index in [4.69, 9.17) is 0 Å². The molecule has 0 aliphatic rings. The van der Waals surface area contributed by atoms with Gasteiger partial charge >= 0.3 is 11.9 Å². The Labute approximate surface area is 119 Å². The van der Waals surface area contributed by atoms with Crippen molar-refractivity contribution in [2.45, 2.75) is 5.41 Å². The van der Waals surface area contributed by atoms with Gasteiger partial charge in [-0.25, -0.2) is 0 Å². The summed E-state index contributed by atoms with van der Waals surface area (Å²) in [5.74, 6) is -4.69. The fourth-order valence-corrected chi connectivity index (χ4v) is 2.25. The number of aromatic hydroxyl groups is 2. The summed E-state index contributed by atoms with van der Waals surface area (Å²) in [5, 5.41) is 38.5. The molecule has 0 heterocycles. The molecule has 2 aromatic carbocycles. The number of carboxylic acid groups (broad SMARTS) is 2. The Balaban J connectivity index is 2.88. The quantitative estimate of drug-likeness (QED) is 0.501. The molecule has 0 atom stereocenters. The molecule has 0 spiro atoms. The Morgan fingerprint density at radius 2 is 1.38 bits per heavy atom. The maximum atomic E-state index is 11.8. The van der Waals surface area contributed by atoms with Gasteiger partial charge in [-0.1, -0.05) is 42.5 Å². The fourth-order valence-electron chi connectivity index (χ4n) is 2.25. The van der Waals surface area contributed by atoms with Gasteiger partial charge in [0.15, 0.2) is 11.5 Å². The molecule has 0 aliphatic carbocycles. The van der Waals surface area contributed by atoms with Crippen LogP contribution in [0.2, 0.25) is 0 Å². The number of phenolic OH excluding ortho intramolecular Hbond substituents is 2. The van der Waals surface area contributed by atoms with Crippen molar-refractivity contribution in [1.82, 2.24) is 0 Å². The number of carbonyl (C=O) groups is 2. The molecule has 4 N–H and O–H groups in total. The Hall–Kier alpha value is -3.02. The van der Waals surface area contributed by atoms with Crippen molar-refractivity contribution >= 4 is 11.9 Å². The van der Waals surface area contributed by atoms with E-state index in [1.54, 1.807) is 6.07 Å². The standard InChI is InChI=1S/C15H12O6/c16-11-8-4-7-10(12(11)17)15(13(18)19,14(20)21)9-5-2-1-3-6-9/h1-8,16-17H,(H,18,19)(H,20,21). The minimum Gasteiger partial charge on any atom is -0.504 e. The van der Waals surface area contributed by atoms with Crippen molar-refractivity contribution in [2.24, 2.45) is 0 Å².